The highest BCUT2D eigenvalue weighted by Crippen LogP contribution is 2.17. The number of rotatable bonds is 4. The molecule has 5 heteroatoms. The molecule has 0 radical (unpaired) electrons. The molecule has 0 spiro atoms. The molecule has 18 heavy (non-hydrogen) atoms. The molecule has 0 aliphatic carbocycles. The number of nitrogens with zero attached hydrogens (tertiary/aromatic N) is 2. The molecule has 2 N–H and O–H groups in total. The van der Waals surface area contributed by atoms with Gasteiger partial charge in [-0.15, -0.1) is 0 Å². The molecule has 1 atom stereocenters. The number of amides is 1. The van der Waals surface area contributed by atoms with Gasteiger partial charge in [0, 0.05) is 25.2 Å². The molecule has 1 aliphatic heterocycles. The number of nitrogens with one attached hydrogen (secondary N) is 2. The van der Waals surface area contributed by atoms with E-state index in [9.17, 15) is 4.79 Å². The minimum atomic E-state index is 0.0351. The molecule has 100 valence electrons. The van der Waals surface area contributed by atoms with E-state index in [1.54, 1.807) is 10.9 Å². The second-order valence-corrected chi connectivity index (χ2v) is 5.13. The lowest BCUT2D eigenvalue weighted by atomic mass is 9.94. The Labute approximate surface area is 108 Å². The number of aromatic nitrogens is 2. The Balaban J connectivity index is 1.79. The van der Waals surface area contributed by atoms with Gasteiger partial charge >= 0.3 is 0 Å². The molecule has 1 fully saturated rings. The van der Waals surface area contributed by atoms with Crippen LogP contribution in [-0.2, 0) is 11.8 Å². The highest BCUT2D eigenvalue weighted by molar-refractivity contribution is 5.76. The van der Waals surface area contributed by atoms with Crippen LogP contribution in [0.15, 0.2) is 12.4 Å². The van der Waals surface area contributed by atoms with Gasteiger partial charge in [-0.2, -0.15) is 5.10 Å². The van der Waals surface area contributed by atoms with Crippen LogP contribution < -0.4 is 10.6 Å². The zero-order valence-corrected chi connectivity index (χ0v) is 11.1. The molecule has 0 saturated carbocycles. The van der Waals surface area contributed by atoms with Crippen LogP contribution in [0.3, 0.4) is 0 Å². The van der Waals surface area contributed by atoms with Gasteiger partial charge in [-0.25, -0.2) is 0 Å². The normalized spacial score (nSPS) is 18.6. The monoisotopic (exact) mass is 250 g/mol. The minimum Gasteiger partial charge on any atom is -0.349 e. The molecular formula is C13H22N4O. The minimum absolute atomic E-state index is 0.0351. The Morgan fingerprint density at radius 1 is 1.61 bits per heavy atom. The third-order valence-electron chi connectivity index (χ3n) is 3.54. The fourth-order valence-electron chi connectivity index (χ4n) is 2.40. The SMILES string of the molecule is CC(NC(=O)CC1CCNCC1)c1cnn(C)c1. The lowest BCUT2D eigenvalue weighted by Gasteiger charge is -2.22. The Morgan fingerprint density at radius 2 is 2.33 bits per heavy atom. The lowest BCUT2D eigenvalue weighted by molar-refractivity contribution is -0.122. The van der Waals surface area contributed by atoms with Gasteiger partial charge in [-0.05, 0) is 38.8 Å². The number of carbonyl (C=O) groups is 1. The van der Waals surface area contributed by atoms with Crippen molar-refractivity contribution in [2.75, 3.05) is 13.1 Å². The standard InChI is InChI=1S/C13H22N4O/c1-10(12-8-15-17(2)9-12)16-13(18)7-11-3-5-14-6-4-11/h8-11,14H,3-7H2,1-2H3,(H,16,18). The molecule has 0 aromatic carbocycles. The number of hydrogen-bond acceptors (Lipinski definition) is 3. The number of piperidine rings is 1. The highest BCUT2D eigenvalue weighted by atomic mass is 16.1. The van der Waals surface area contributed by atoms with Crippen LogP contribution in [0.5, 0.6) is 0 Å². The average Bonchev–Trinajstić information content (AvgIpc) is 2.77. The van der Waals surface area contributed by atoms with E-state index in [2.05, 4.69) is 15.7 Å². The lowest BCUT2D eigenvalue weighted by Crippen LogP contribution is -2.33. The van der Waals surface area contributed by atoms with E-state index in [0.29, 0.717) is 12.3 Å². The first kappa shape index (κ1) is 13.1. The summed E-state index contributed by atoms with van der Waals surface area (Å²) < 4.78 is 1.75. The Bertz CT molecular complexity index is 395. The van der Waals surface area contributed by atoms with Gasteiger partial charge in [0.25, 0.3) is 0 Å². The van der Waals surface area contributed by atoms with Crippen LogP contribution in [0.2, 0.25) is 0 Å². The van der Waals surface area contributed by atoms with Crippen LogP contribution in [0.25, 0.3) is 0 Å². The van der Waals surface area contributed by atoms with Crippen LogP contribution in [-0.4, -0.2) is 28.8 Å². The van der Waals surface area contributed by atoms with E-state index in [0.717, 1.165) is 31.5 Å². The number of aryl methyl sites for hydroxylation is 1. The Morgan fingerprint density at radius 3 is 2.94 bits per heavy atom. The van der Waals surface area contributed by atoms with Gasteiger partial charge in [-0.1, -0.05) is 0 Å². The van der Waals surface area contributed by atoms with Crippen molar-refractivity contribution in [3.8, 4) is 0 Å². The molecule has 1 amide bonds. The van der Waals surface area contributed by atoms with E-state index >= 15 is 0 Å². The summed E-state index contributed by atoms with van der Waals surface area (Å²) in [7, 11) is 1.88. The van der Waals surface area contributed by atoms with Crippen molar-refractivity contribution < 1.29 is 4.79 Å². The van der Waals surface area contributed by atoms with Crippen molar-refractivity contribution in [3.63, 3.8) is 0 Å². The predicted molar refractivity (Wildman–Crippen MR) is 70.0 cm³/mol. The molecule has 1 unspecified atom stereocenters. The molecule has 2 rings (SSSR count). The Hall–Kier alpha value is -1.36. The van der Waals surface area contributed by atoms with Crippen molar-refractivity contribution in [2.24, 2.45) is 13.0 Å². The summed E-state index contributed by atoms with van der Waals surface area (Å²) in [6.45, 7) is 4.07. The molecule has 1 aromatic rings. The second-order valence-electron chi connectivity index (χ2n) is 5.13. The predicted octanol–water partition coefficient (Wildman–Crippen LogP) is 0.987. The van der Waals surface area contributed by atoms with E-state index in [1.807, 2.05) is 20.2 Å². The number of carbonyl (C=O) groups excluding carboxylic acids is 1. The summed E-state index contributed by atoms with van der Waals surface area (Å²) in [5.74, 6) is 0.686. The summed E-state index contributed by atoms with van der Waals surface area (Å²) in [5.41, 5.74) is 1.05. The molecular weight excluding hydrogens is 228 g/mol. The third-order valence-corrected chi connectivity index (χ3v) is 3.54. The fraction of sp³-hybridized carbons (Fsp3) is 0.692. The van der Waals surface area contributed by atoms with Gasteiger partial charge in [0.05, 0.1) is 12.2 Å². The summed E-state index contributed by atoms with van der Waals surface area (Å²) in [5, 5.41) is 10.5. The smallest absolute Gasteiger partial charge is 0.220 e. The zero-order chi connectivity index (χ0) is 13.0. The summed E-state index contributed by atoms with van der Waals surface area (Å²) in [4.78, 5) is 11.9. The van der Waals surface area contributed by atoms with Crippen molar-refractivity contribution in [1.82, 2.24) is 20.4 Å². The molecule has 5 nitrogen and oxygen atoms in total. The van der Waals surface area contributed by atoms with Crippen molar-refractivity contribution >= 4 is 5.91 Å². The fourth-order valence-corrected chi connectivity index (χ4v) is 2.40. The van der Waals surface area contributed by atoms with Gasteiger partial charge in [0.15, 0.2) is 0 Å². The van der Waals surface area contributed by atoms with Crippen LogP contribution >= 0.6 is 0 Å². The topological polar surface area (TPSA) is 59.0 Å². The molecule has 1 aromatic heterocycles. The first-order valence-electron chi connectivity index (χ1n) is 6.64. The van der Waals surface area contributed by atoms with Gasteiger partial charge in [0.2, 0.25) is 5.91 Å². The van der Waals surface area contributed by atoms with Crippen LogP contribution in [0.4, 0.5) is 0 Å². The summed E-state index contributed by atoms with van der Waals surface area (Å²) in [6.07, 6.45) is 6.60. The molecule has 1 saturated heterocycles. The molecule has 2 heterocycles. The van der Waals surface area contributed by atoms with E-state index < -0.39 is 0 Å². The van der Waals surface area contributed by atoms with Crippen LogP contribution in [0, 0.1) is 5.92 Å². The highest BCUT2D eigenvalue weighted by Gasteiger charge is 2.18. The quantitative estimate of drug-likeness (QED) is 0.837. The van der Waals surface area contributed by atoms with E-state index in [1.165, 1.54) is 0 Å². The van der Waals surface area contributed by atoms with E-state index in [4.69, 9.17) is 0 Å². The first-order chi connectivity index (χ1) is 8.65. The maximum Gasteiger partial charge on any atom is 0.220 e. The second kappa shape index (κ2) is 6.00. The van der Waals surface area contributed by atoms with Crippen molar-refractivity contribution in [1.29, 1.82) is 0 Å². The first-order valence-corrected chi connectivity index (χ1v) is 6.64. The summed E-state index contributed by atoms with van der Waals surface area (Å²) in [6, 6.07) is 0.0351. The average molecular weight is 250 g/mol. The van der Waals surface area contributed by atoms with Crippen LogP contribution in [0.1, 0.15) is 37.8 Å². The van der Waals surface area contributed by atoms with Gasteiger partial charge in [0.1, 0.15) is 0 Å². The van der Waals surface area contributed by atoms with Crippen molar-refractivity contribution in [2.45, 2.75) is 32.2 Å². The third kappa shape index (κ3) is 3.57. The molecule has 1 aliphatic rings. The summed E-state index contributed by atoms with van der Waals surface area (Å²) >= 11 is 0. The van der Waals surface area contributed by atoms with Crippen molar-refractivity contribution in [3.05, 3.63) is 18.0 Å². The van der Waals surface area contributed by atoms with E-state index in [-0.39, 0.29) is 11.9 Å². The largest absolute Gasteiger partial charge is 0.349 e. The number of hydrogen-bond donors (Lipinski definition) is 2. The van der Waals surface area contributed by atoms with Gasteiger partial charge < -0.3 is 10.6 Å². The zero-order valence-electron chi connectivity index (χ0n) is 11.1. The molecule has 0 bridgehead atoms. The Kier molecular flexibility index (Phi) is 4.36. The maximum atomic E-state index is 11.9. The maximum absolute atomic E-state index is 11.9. The van der Waals surface area contributed by atoms with Gasteiger partial charge in [-0.3, -0.25) is 9.48 Å².